The largest absolute Gasteiger partial charge is 0.334 e. The highest BCUT2D eigenvalue weighted by atomic mass is 16.2. The molecule has 85 valence electrons. The Kier molecular flexibility index (Phi) is 2.75. The predicted molar refractivity (Wildman–Crippen MR) is 59.7 cm³/mol. The zero-order valence-electron chi connectivity index (χ0n) is 9.89. The average Bonchev–Trinajstić information content (AvgIpc) is 2.67. The van der Waals surface area contributed by atoms with Crippen molar-refractivity contribution in [3.63, 3.8) is 0 Å². The number of hydrogen-bond acceptors (Lipinski definition) is 2. The van der Waals surface area contributed by atoms with Crippen molar-refractivity contribution in [2.75, 3.05) is 6.54 Å². The molecule has 1 aliphatic heterocycles. The molecule has 0 aromatic rings. The first kappa shape index (κ1) is 10.9. The molecule has 2 aliphatic rings. The summed E-state index contributed by atoms with van der Waals surface area (Å²) in [6.07, 6.45) is 4.94. The maximum atomic E-state index is 11.8. The van der Waals surface area contributed by atoms with Crippen molar-refractivity contribution in [2.45, 2.75) is 40.0 Å². The summed E-state index contributed by atoms with van der Waals surface area (Å²) < 4.78 is 0. The van der Waals surface area contributed by atoms with E-state index in [0.717, 1.165) is 18.6 Å². The van der Waals surface area contributed by atoms with Crippen LogP contribution in [-0.4, -0.2) is 12.5 Å². The van der Waals surface area contributed by atoms with Gasteiger partial charge in [0.2, 0.25) is 5.91 Å². The molecular formula is C12H21N2O. The minimum Gasteiger partial charge on any atom is -0.334 e. The molecule has 1 saturated heterocycles. The summed E-state index contributed by atoms with van der Waals surface area (Å²) in [4.78, 5) is 11.8. The lowest BCUT2D eigenvalue weighted by molar-refractivity contribution is -0.128. The summed E-state index contributed by atoms with van der Waals surface area (Å²) in [6, 6.07) is 0. The van der Waals surface area contributed by atoms with E-state index in [0.29, 0.717) is 5.92 Å². The van der Waals surface area contributed by atoms with Crippen LogP contribution in [-0.2, 0) is 4.79 Å². The molecule has 1 aliphatic carbocycles. The molecule has 2 N–H and O–H groups in total. The molecule has 2 rings (SSSR count). The van der Waals surface area contributed by atoms with Crippen LogP contribution in [0.5, 0.6) is 0 Å². The molecule has 0 bridgehead atoms. The maximum absolute atomic E-state index is 11.8. The molecule has 1 amide bonds. The molecule has 2 unspecified atom stereocenters. The van der Waals surface area contributed by atoms with Gasteiger partial charge in [0.05, 0.1) is 0 Å². The second-order valence-electron chi connectivity index (χ2n) is 5.80. The smallest absolute Gasteiger partial charge is 0.226 e. The fraction of sp³-hybridized carbons (Fsp3) is 0.833. The highest BCUT2D eigenvalue weighted by Gasteiger charge is 2.41. The first-order valence-electron chi connectivity index (χ1n) is 5.90. The third-order valence-electron chi connectivity index (χ3n) is 3.51. The molecule has 0 spiro atoms. The van der Waals surface area contributed by atoms with Gasteiger partial charge < -0.3 is 5.32 Å². The topological polar surface area (TPSA) is 41.1 Å². The Labute approximate surface area is 92.0 Å². The number of amides is 1. The van der Waals surface area contributed by atoms with Gasteiger partial charge in [0.1, 0.15) is 6.17 Å². The quantitative estimate of drug-likeness (QED) is 0.689. The van der Waals surface area contributed by atoms with Gasteiger partial charge in [0, 0.05) is 17.9 Å². The molecule has 15 heavy (non-hydrogen) atoms. The van der Waals surface area contributed by atoms with Gasteiger partial charge in [0.15, 0.2) is 0 Å². The second-order valence-corrected chi connectivity index (χ2v) is 5.80. The van der Waals surface area contributed by atoms with E-state index in [1.54, 1.807) is 0 Å². The van der Waals surface area contributed by atoms with Gasteiger partial charge in [-0.25, -0.2) is 0 Å². The van der Waals surface area contributed by atoms with Crippen LogP contribution in [0, 0.1) is 23.4 Å². The van der Waals surface area contributed by atoms with Gasteiger partial charge in [-0.2, -0.15) is 0 Å². The molecule has 2 atom stereocenters. The summed E-state index contributed by atoms with van der Waals surface area (Å²) in [7, 11) is 0. The molecular weight excluding hydrogens is 188 g/mol. The zero-order chi connectivity index (χ0) is 11.1. The van der Waals surface area contributed by atoms with E-state index < -0.39 is 0 Å². The van der Waals surface area contributed by atoms with Crippen LogP contribution in [0.15, 0.2) is 0 Å². The Morgan fingerprint density at radius 3 is 2.80 bits per heavy atom. The highest BCUT2D eigenvalue weighted by molar-refractivity contribution is 5.82. The normalized spacial score (nSPS) is 31.7. The van der Waals surface area contributed by atoms with Crippen molar-refractivity contribution >= 4 is 5.91 Å². The van der Waals surface area contributed by atoms with Gasteiger partial charge >= 0.3 is 0 Å². The number of carbonyl (C=O) groups excluding carboxylic acids is 1. The number of fused-ring (bicyclic) bond motifs is 1. The summed E-state index contributed by atoms with van der Waals surface area (Å²) in [6.45, 7) is 6.89. The van der Waals surface area contributed by atoms with Crippen LogP contribution in [0.2, 0.25) is 0 Å². The Hall–Kier alpha value is -0.570. The Morgan fingerprint density at radius 1 is 1.40 bits per heavy atom. The van der Waals surface area contributed by atoms with Gasteiger partial charge in [-0.1, -0.05) is 27.2 Å². The molecule has 3 nitrogen and oxygen atoms in total. The van der Waals surface area contributed by atoms with Crippen molar-refractivity contribution < 1.29 is 4.79 Å². The summed E-state index contributed by atoms with van der Waals surface area (Å²) in [5.41, 5.74) is -0.300. The van der Waals surface area contributed by atoms with E-state index in [1.165, 1.54) is 19.3 Å². The first-order chi connectivity index (χ1) is 6.98. The van der Waals surface area contributed by atoms with Crippen LogP contribution in [0.4, 0.5) is 0 Å². The van der Waals surface area contributed by atoms with Crippen LogP contribution in [0.25, 0.3) is 0 Å². The third kappa shape index (κ3) is 2.17. The lowest BCUT2D eigenvalue weighted by Gasteiger charge is -2.24. The van der Waals surface area contributed by atoms with Gasteiger partial charge in [0.25, 0.3) is 0 Å². The third-order valence-corrected chi connectivity index (χ3v) is 3.51. The number of hydrogen-bond donors (Lipinski definition) is 2. The van der Waals surface area contributed by atoms with Gasteiger partial charge in [-0.15, -0.1) is 0 Å². The zero-order valence-corrected chi connectivity index (χ0v) is 9.89. The van der Waals surface area contributed by atoms with E-state index in [-0.39, 0.29) is 11.3 Å². The summed E-state index contributed by atoms with van der Waals surface area (Å²) in [5, 5.41) is 6.40. The predicted octanol–water partition coefficient (Wildman–Crippen LogP) is 1.66. The second kappa shape index (κ2) is 3.78. The number of rotatable bonds is 1. The van der Waals surface area contributed by atoms with Crippen molar-refractivity contribution in [3.8, 4) is 0 Å². The molecule has 1 heterocycles. The van der Waals surface area contributed by atoms with E-state index in [9.17, 15) is 4.79 Å². The van der Waals surface area contributed by atoms with Crippen LogP contribution in [0.1, 0.15) is 40.0 Å². The van der Waals surface area contributed by atoms with Gasteiger partial charge in [-0.05, 0) is 18.8 Å². The minimum atomic E-state index is -0.300. The Balaban J connectivity index is 1.93. The highest BCUT2D eigenvalue weighted by Crippen LogP contribution is 2.40. The minimum absolute atomic E-state index is 0.123. The maximum Gasteiger partial charge on any atom is 0.226 e. The van der Waals surface area contributed by atoms with Crippen molar-refractivity contribution in [3.05, 3.63) is 6.17 Å². The van der Waals surface area contributed by atoms with Crippen molar-refractivity contribution in [1.82, 2.24) is 10.6 Å². The lowest BCUT2D eigenvalue weighted by atomic mass is 9.93. The molecule has 2 fully saturated rings. The lowest BCUT2D eigenvalue weighted by Crippen LogP contribution is -2.43. The number of carbonyl (C=O) groups is 1. The molecule has 1 saturated carbocycles. The molecule has 3 heteroatoms. The fourth-order valence-electron chi connectivity index (χ4n) is 2.48. The summed E-state index contributed by atoms with van der Waals surface area (Å²) >= 11 is 0. The SMILES string of the molecule is CC(C)(C)C(=O)N[C]1NCC2CCCC12. The van der Waals surface area contributed by atoms with E-state index in [1.807, 2.05) is 20.8 Å². The molecule has 0 aromatic carbocycles. The number of nitrogens with one attached hydrogen (secondary N) is 2. The van der Waals surface area contributed by atoms with E-state index in [2.05, 4.69) is 10.6 Å². The van der Waals surface area contributed by atoms with Crippen LogP contribution >= 0.6 is 0 Å². The van der Waals surface area contributed by atoms with Gasteiger partial charge in [-0.3, -0.25) is 10.1 Å². The first-order valence-corrected chi connectivity index (χ1v) is 5.90. The van der Waals surface area contributed by atoms with Crippen molar-refractivity contribution in [1.29, 1.82) is 0 Å². The van der Waals surface area contributed by atoms with E-state index in [4.69, 9.17) is 0 Å². The monoisotopic (exact) mass is 209 g/mol. The average molecular weight is 209 g/mol. The summed E-state index contributed by atoms with van der Waals surface area (Å²) in [5.74, 6) is 1.48. The Bertz CT molecular complexity index is 257. The molecule has 0 aromatic heterocycles. The van der Waals surface area contributed by atoms with Crippen LogP contribution < -0.4 is 10.6 Å². The Morgan fingerprint density at radius 2 is 2.13 bits per heavy atom. The van der Waals surface area contributed by atoms with Crippen LogP contribution in [0.3, 0.4) is 0 Å². The van der Waals surface area contributed by atoms with Crippen molar-refractivity contribution in [2.24, 2.45) is 17.3 Å². The molecule has 1 radical (unpaired) electrons. The van der Waals surface area contributed by atoms with E-state index >= 15 is 0 Å². The standard InChI is InChI=1S/C12H21N2O/c1-12(2,3)11(15)14-10-9-6-4-5-8(9)7-13-10/h8-9,13H,4-7H2,1-3H3,(H,14,15). The fourth-order valence-corrected chi connectivity index (χ4v) is 2.48.